The Morgan fingerprint density at radius 2 is 1.73 bits per heavy atom. The van der Waals surface area contributed by atoms with Gasteiger partial charge in [-0.2, -0.15) is 0 Å². The maximum Gasteiger partial charge on any atom is 0.325 e. The van der Waals surface area contributed by atoms with E-state index in [1.807, 2.05) is 0 Å². The van der Waals surface area contributed by atoms with E-state index in [0.717, 1.165) is 4.90 Å². The summed E-state index contributed by atoms with van der Waals surface area (Å²) < 4.78 is 13.2. The van der Waals surface area contributed by atoms with Crippen LogP contribution in [0.2, 0.25) is 0 Å². The minimum Gasteiger partial charge on any atom is -0.319 e. The summed E-state index contributed by atoms with van der Waals surface area (Å²) in [6, 6.07) is 10.5. The van der Waals surface area contributed by atoms with Gasteiger partial charge in [-0.25, -0.2) is 9.18 Å². The Balaban J connectivity index is 1.88. The van der Waals surface area contributed by atoms with E-state index in [4.69, 9.17) is 0 Å². The molecule has 2 aromatic carbocycles. The normalized spacial score (nSPS) is 19.5. The fourth-order valence-corrected chi connectivity index (χ4v) is 3.05. The average Bonchev–Trinajstić information content (AvgIpc) is 2.88. The lowest BCUT2D eigenvalue weighted by Gasteiger charge is -2.25. The monoisotopic (exact) mass is 357 g/mol. The summed E-state index contributed by atoms with van der Waals surface area (Å²) in [5.74, 6) is -0.866. The van der Waals surface area contributed by atoms with Crippen molar-refractivity contribution >= 4 is 17.6 Å². The topological polar surface area (TPSA) is 92.6 Å². The molecule has 3 amide bonds. The van der Waals surface area contributed by atoms with Gasteiger partial charge in [0.05, 0.1) is 11.5 Å². The van der Waals surface area contributed by atoms with Gasteiger partial charge < -0.3 is 5.32 Å². The number of carbonyl (C=O) groups excluding carboxylic acids is 2. The van der Waals surface area contributed by atoms with Crippen molar-refractivity contribution in [2.45, 2.75) is 25.4 Å². The van der Waals surface area contributed by atoms with Gasteiger partial charge in [0.15, 0.2) is 0 Å². The Bertz CT molecular complexity index is 867. The Morgan fingerprint density at radius 1 is 1.12 bits per heavy atom. The zero-order valence-corrected chi connectivity index (χ0v) is 13.9. The zero-order chi connectivity index (χ0) is 18.9. The summed E-state index contributed by atoms with van der Waals surface area (Å²) in [5.41, 5.74) is -0.220. The standard InChI is InChI=1S/C18H16FN3O4/c1-2-18(13-5-7-14(19)8-6-13)16(23)21(17(24)20-18)11-12-3-9-15(10-4-12)22(25)26/h3-10H,2,11H2,1H3,(H,20,24)/t18-/m1/s1. The quantitative estimate of drug-likeness (QED) is 0.506. The number of carbonyl (C=O) groups is 2. The first-order valence-electron chi connectivity index (χ1n) is 8.01. The van der Waals surface area contributed by atoms with Gasteiger partial charge in [0.25, 0.3) is 11.6 Å². The summed E-state index contributed by atoms with van der Waals surface area (Å²) in [6.45, 7) is 1.75. The molecule has 0 bridgehead atoms. The number of halogens is 1. The third-order valence-electron chi connectivity index (χ3n) is 4.53. The van der Waals surface area contributed by atoms with Crippen molar-refractivity contribution in [3.63, 3.8) is 0 Å². The number of benzene rings is 2. The van der Waals surface area contributed by atoms with E-state index in [1.165, 1.54) is 48.5 Å². The van der Waals surface area contributed by atoms with Crippen LogP contribution in [0.15, 0.2) is 48.5 Å². The fourth-order valence-electron chi connectivity index (χ4n) is 3.05. The molecule has 1 heterocycles. The largest absolute Gasteiger partial charge is 0.325 e. The van der Waals surface area contributed by atoms with Crippen LogP contribution in [0.4, 0.5) is 14.9 Å². The van der Waals surface area contributed by atoms with E-state index in [2.05, 4.69) is 5.32 Å². The van der Waals surface area contributed by atoms with E-state index in [1.54, 1.807) is 6.92 Å². The average molecular weight is 357 g/mol. The van der Waals surface area contributed by atoms with Crippen LogP contribution in [0.3, 0.4) is 0 Å². The number of nitro groups is 1. The number of amides is 3. The van der Waals surface area contributed by atoms with Gasteiger partial charge in [0.1, 0.15) is 11.4 Å². The lowest BCUT2D eigenvalue weighted by Crippen LogP contribution is -2.43. The molecule has 1 saturated heterocycles. The highest BCUT2D eigenvalue weighted by Crippen LogP contribution is 2.33. The van der Waals surface area contributed by atoms with Gasteiger partial charge in [0, 0.05) is 12.1 Å². The van der Waals surface area contributed by atoms with Crippen LogP contribution in [-0.2, 0) is 16.9 Å². The number of nitrogens with zero attached hydrogens (tertiary/aromatic N) is 2. The van der Waals surface area contributed by atoms with Crippen molar-refractivity contribution in [3.05, 3.63) is 75.6 Å². The van der Waals surface area contributed by atoms with Crippen molar-refractivity contribution in [2.24, 2.45) is 0 Å². The molecular weight excluding hydrogens is 341 g/mol. The van der Waals surface area contributed by atoms with Crippen LogP contribution in [0, 0.1) is 15.9 Å². The van der Waals surface area contributed by atoms with Crippen LogP contribution < -0.4 is 5.32 Å². The Hall–Kier alpha value is -3.29. The fraction of sp³-hybridized carbons (Fsp3) is 0.222. The predicted molar refractivity (Wildman–Crippen MR) is 90.5 cm³/mol. The maximum absolute atomic E-state index is 13.2. The Morgan fingerprint density at radius 3 is 2.27 bits per heavy atom. The summed E-state index contributed by atoms with van der Waals surface area (Å²) in [7, 11) is 0. The first-order valence-corrected chi connectivity index (χ1v) is 8.01. The van der Waals surface area contributed by atoms with E-state index < -0.39 is 28.2 Å². The van der Waals surface area contributed by atoms with Crippen molar-refractivity contribution in [3.8, 4) is 0 Å². The molecule has 0 aromatic heterocycles. The molecule has 26 heavy (non-hydrogen) atoms. The molecule has 0 aliphatic carbocycles. The van der Waals surface area contributed by atoms with Gasteiger partial charge in [-0.15, -0.1) is 0 Å². The number of rotatable bonds is 5. The van der Waals surface area contributed by atoms with Crippen LogP contribution >= 0.6 is 0 Å². The number of non-ortho nitro benzene ring substituents is 1. The van der Waals surface area contributed by atoms with Crippen molar-refractivity contribution in [1.82, 2.24) is 10.2 Å². The molecule has 2 aromatic rings. The second kappa shape index (κ2) is 6.55. The number of nitro benzene ring substituents is 1. The predicted octanol–water partition coefficient (Wildman–Crippen LogP) is 3.09. The summed E-state index contributed by atoms with van der Waals surface area (Å²) >= 11 is 0. The molecule has 1 aliphatic heterocycles. The minimum atomic E-state index is -1.24. The maximum atomic E-state index is 13.2. The van der Waals surface area contributed by atoms with Crippen molar-refractivity contribution in [1.29, 1.82) is 0 Å². The van der Waals surface area contributed by atoms with Gasteiger partial charge >= 0.3 is 6.03 Å². The number of imide groups is 1. The Kier molecular flexibility index (Phi) is 4.41. The molecule has 1 atom stereocenters. The summed E-state index contributed by atoms with van der Waals surface area (Å²) in [4.78, 5) is 36.6. The van der Waals surface area contributed by atoms with Crippen molar-refractivity contribution in [2.75, 3.05) is 0 Å². The van der Waals surface area contributed by atoms with Crippen molar-refractivity contribution < 1.29 is 18.9 Å². The van der Waals surface area contributed by atoms with E-state index >= 15 is 0 Å². The van der Waals surface area contributed by atoms with Gasteiger partial charge in [-0.1, -0.05) is 31.2 Å². The SMILES string of the molecule is CC[C@]1(c2ccc(F)cc2)NC(=O)N(Cc2ccc([N+](=O)[O-])cc2)C1=O. The van der Waals surface area contributed by atoms with Crippen LogP contribution in [0.25, 0.3) is 0 Å². The minimum absolute atomic E-state index is 0.00833. The number of urea groups is 1. The highest BCUT2D eigenvalue weighted by Gasteiger charge is 2.51. The van der Waals surface area contributed by atoms with Crippen LogP contribution in [0.5, 0.6) is 0 Å². The first kappa shape index (κ1) is 17.5. The summed E-state index contributed by atoms with van der Waals surface area (Å²) in [6.07, 6.45) is 0.306. The number of hydrogen-bond donors (Lipinski definition) is 1. The molecule has 1 N–H and O–H groups in total. The third-order valence-corrected chi connectivity index (χ3v) is 4.53. The highest BCUT2D eigenvalue weighted by molar-refractivity contribution is 6.07. The molecule has 1 fully saturated rings. The van der Waals surface area contributed by atoms with Gasteiger partial charge in [-0.3, -0.25) is 19.8 Å². The highest BCUT2D eigenvalue weighted by atomic mass is 19.1. The summed E-state index contributed by atoms with van der Waals surface area (Å²) in [5, 5.41) is 13.4. The van der Waals surface area contributed by atoms with E-state index in [9.17, 15) is 24.1 Å². The lowest BCUT2D eigenvalue weighted by molar-refractivity contribution is -0.384. The molecule has 0 radical (unpaired) electrons. The molecule has 3 rings (SSSR count). The first-order chi connectivity index (χ1) is 12.4. The van der Waals surface area contributed by atoms with Crippen LogP contribution in [-0.4, -0.2) is 21.8 Å². The molecule has 0 spiro atoms. The third kappa shape index (κ3) is 2.90. The van der Waals surface area contributed by atoms with Crippen LogP contribution in [0.1, 0.15) is 24.5 Å². The van der Waals surface area contributed by atoms with E-state index in [0.29, 0.717) is 17.5 Å². The molecule has 8 heteroatoms. The molecule has 0 saturated carbocycles. The smallest absolute Gasteiger partial charge is 0.319 e. The van der Waals surface area contributed by atoms with Gasteiger partial charge in [0.2, 0.25) is 0 Å². The molecule has 0 unspecified atom stereocenters. The second-order valence-electron chi connectivity index (χ2n) is 6.01. The number of hydrogen-bond acceptors (Lipinski definition) is 4. The molecule has 1 aliphatic rings. The molecular formula is C18H16FN3O4. The Labute approximate surface area is 148 Å². The molecule has 134 valence electrons. The number of nitrogens with one attached hydrogen (secondary N) is 1. The van der Waals surface area contributed by atoms with Gasteiger partial charge in [-0.05, 0) is 29.7 Å². The lowest BCUT2D eigenvalue weighted by atomic mass is 9.87. The molecule has 7 nitrogen and oxygen atoms in total. The zero-order valence-electron chi connectivity index (χ0n) is 13.9. The van der Waals surface area contributed by atoms with E-state index in [-0.39, 0.29) is 12.2 Å². The second-order valence-corrected chi connectivity index (χ2v) is 6.01.